The van der Waals surface area contributed by atoms with E-state index in [1.54, 1.807) is 0 Å². The molecule has 0 bridgehead atoms. The molecule has 0 fully saturated rings. The molecule has 0 heterocycles. The summed E-state index contributed by atoms with van der Waals surface area (Å²) in [6, 6.07) is 0. The number of quaternary nitrogens is 1. The third-order valence-corrected chi connectivity index (χ3v) is 5.52. The van der Waals surface area contributed by atoms with Crippen LogP contribution in [0.15, 0.2) is 0 Å². The van der Waals surface area contributed by atoms with Gasteiger partial charge in [0.05, 0.1) is 39.1 Å². The molecule has 0 saturated heterocycles. The first-order valence-electron chi connectivity index (χ1n) is 12.3. The topological polar surface area (TPSA) is 55.3 Å². The van der Waals surface area contributed by atoms with Crippen LogP contribution >= 0.6 is 0 Å². The molecule has 29 heavy (non-hydrogen) atoms. The molecule has 0 spiro atoms. The molecule has 5 heteroatoms. The van der Waals surface area contributed by atoms with Crippen LogP contribution in [-0.4, -0.2) is 38.5 Å². The van der Waals surface area contributed by atoms with Gasteiger partial charge in [-0.2, -0.15) is 0 Å². The highest BCUT2D eigenvalue weighted by molar-refractivity contribution is 4.50. The summed E-state index contributed by atoms with van der Waals surface area (Å²) in [5.41, 5.74) is 0. The molecule has 0 aromatic heterocycles. The monoisotopic (exact) mass is 437 g/mol. The Bertz CT molecular complexity index is 298. The van der Waals surface area contributed by atoms with Gasteiger partial charge in [-0.15, -0.1) is 0 Å². The number of halogens is 1. The highest BCUT2D eigenvalue weighted by Gasteiger charge is 2.21. The smallest absolute Gasteiger partial charge is 0.192 e. The van der Waals surface area contributed by atoms with E-state index in [1.165, 1.54) is 103 Å². The fourth-order valence-electron chi connectivity index (χ4n) is 3.76. The third-order valence-electron chi connectivity index (χ3n) is 5.52. The number of nitrogens with zero attached hydrogens (tertiary/aromatic N) is 1. The molecule has 0 aliphatic heterocycles. The summed E-state index contributed by atoms with van der Waals surface area (Å²) in [4.78, 5) is 0. The lowest BCUT2D eigenvalue weighted by molar-refractivity contribution is -1.41. The van der Waals surface area contributed by atoms with Crippen LogP contribution in [0, 0.1) is 11.3 Å². The lowest BCUT2D eigenvalue weighted by Gasteiger charge is -2.33. The minimum absolute atomic E-state index is 0.353. The summed E-state index contributed by atoms with van der Waals surface area (Å²) in [6.07, 6.45) is 24.2. The largest absolute Gasteiger partial charge is 0.544 e. The van der Waals surface area contributed by atoms with E-state index in [2.05, 4.69) is 35.0 Å². The fraction of sp³-hybridized carbons (Fsp3) is 1.00. The average molecular weight is 438 g/mol. The highest BCUT2D eigenvalue weighted by atomic mass is 35.6. The second-order valence-corrected chi connectivity index (χ2v) is 9.34. The maximum Gasteiger partial charge on any atom is 0.192 e. The second kappa shape index (κ2) is 24.4. The van der Waals surface area contributed by atoms with Gasteiger partial charge in [-0.3, -0.25) is 0 Å². The first kappa shape index (κ1) is 31.3. The SMILES string of the molecule is CCCCCCCCCCCCCCCCCCOC(CC)[N+](C)(C)C.[O-][Cl+][O-]. The van der Waals surface area contributed by atoms with Crippen molar-refractivity contribution >= 4 is 0 Å². The highest BCUT2D eigenvalue weighted by Crippen LogP contribution is 2.14. The van der Waals surface area contributed by atoms with Crippen molar-refractivity contribution in [1.29, 1.82) is 0 Å². The maximum absolute atomic E-state index is 8.24. The Hall–Kier alpha value is 0.130. The molecule has 0 aliphatic rings. The van der Waals surface area contributed by atoms with Gasteiger partial charge >= 0.3 is 0 Å². The Balaban J connectivity index is 0. The number of unbranched alkanes of at least 4 members (excludes halogenated alkanes) is 15. The van der Waals surface area contributed by atoms with Gasteiger partial charge < -0.3 is 18.5 Å². The van der Waals surface area contributed by atoms with E-state index in [-0.39, 0.29) is 0 Å². The van der Waals surface area contributed by atoms with E-state index in [0.29, 0.717) is 6.23 Å². The van der Waals surface area contributed by atoms with Crippen molar-refractivity contribution < 1.29 is 29.9 Å². The van der Waals surface area contributed by atoms with Crippen LogP contribution in [0.25, 0.3) is 0 Å². The van der Waals surface area contributed by atoms with Gasteiger partial charge in [0, 0.05) is 6.42 Å². The van der Waals surface area contributed by atoms with Gasteiger partial charge in [-0.1, -0.05) is 110 Å². The zero-order valence-electron chi connectivity index (χ0n) is 20.4. The number of rotatable bonds is 20. The van der Waals surface area contributed by atoms with Crippen molar-refractivity contribution in [2.45, 2.75) is 129 Å². The summed E-state index contributed by atoms with van der Waals surface area (Å²) < 4.78 is 23.4. The molecule has 178 valence electrons. The Morgan fingerprint density at radius 2 is 0.931 bits per heavy atom. The van der Waals surface area contributed by atoms with Crippen LogP contribution in [0.5, 0.6) is 0 Å². The molecule has 0 amide bonds. The molecular formula is C24H52ClNO3. The van der Waals surface area contributed by atoms with Gasteiger partial charge in [0.2, 0.25) is 0 Å². The van der Waals surface area contributed by atoms with E-state index in [0.717, 1.165) is 17.5 Å². The summed E-state index contributed by atoms with van der Waals surface area (Å²) in [6.45, 7) is 5.46. The summed E-state index contributed by atoms with van der Waals surface area (Å²) >= 11 is -0.417. The predicted molar refractivity (Wildman–Crippen MR) is 118 cm³/mol. The van der Waals surface area contributed by atoms with Crippen LogP contribution in [0.1, 0.15) is 123 Å². The van der Waals surface area contributed by atoms with Crippen LogP contribution in [0.2, 0.25) is 0 Å². The van der Waals surface area contributed by atoms with Crippen LogP contribution < -0.4 is 9.32 Å². The standard InChI is InChI=1S/C24H52NO.ClO2/c1-6-8-9-10-11-12-13-14-15-16-17-18-19-20-21-22-23-26-24(7-2)25(3,4)5;2-1-3/h24H,6-23H2,1-5H3;/q+1;-1. The number of hydrogen-bond donors (Lipinski definition) is 0. The quantitative estimate of drug-likeness (QED) is 0.147. The first-order chi connectivity index (χ1) is 13.9. The van der Waals surface area contributed by atoms with Crippen molar-refractivity contribution in [2.24, 2.45) is 0 Å². The Kier molecular flexibility index (Phi) is 26.3. The molecule has 1 unspecified atom stereocenters. The van der Waals surface area contributed by atoms with Gasteiger partial charge in [0.1, 0.15) is 0 Å². The molecule has 0 rings (SSSR count). The van der Waals surface area contributed by atoms with Crippen molar-refractivity contribution in [3.63, 3.8) is 0 Å². The summed E-state index contributed by atoms with van der Waals surface area (Å²) in [5.74, 6) is 0. The first-order valence-corrected chi connectivity index (χ1v) is 12.9. The minimum Gasteiger partial charge on any atom is -0.544 e. The number of ether oxygens (including phenoxy) is 1. The fourth-order valence-corrected chi connectivity index (χ4v) is 3.76. The van der Waals surface area contributed by atoms with E-state index in [1.807, 2.05) is 0 Å². The summed E-state index contributed by atoms with van der Waals surface area (Å²) in [5, 5.41) is 0. The van der Waals surface area contributed by atoms with Crippen molar-refractivity contribution in [3.8, 4) is 0 Å². The lowest BCUT2D eigenvalue weighted by atomic mass is 10.0. The zero-order valence-corrected chi connectivity index (χ0v) is 21.1. The Morgan fingerprint density at radius 3 is 1.21 bits per heavy atom. The second-order valence-electron chi connectivity index (χ2n) is 9.22. The number of hydrogen-bond acceptors (Lipinski definition) is 3. The average Bonchev–Trinajstić information content (AvgIpc) is 2.67. The van der Waals surface area contributed by atoms with Gasteiger partial charge in [-0.25, -0.2) is 0 Å². The van der Waals surface area contributed by atoms with Crippen LogP contribution in [0.4, 0.5) is 0 Å². The zero-order chi connectivity index (χ0) is 22.2. The molecule has 0 aromatic carbocycles. The predicted octanol–water partition coefficient (Wildman–Crippen LogP) is 5.33. The van der Waals surface area contributed by atoms with Crippen molar-refractivity contribution in [2.75, 3.05) is 27.7 Å². The Morgan fingerprint density at radius 1 is 0.621 bits per heavy atom. The van der Waals surface area contributed by atoms with E-state index in [9.17, 15) is 0 Å². The van der Waals surface area contributed by atoms with Crippen LogP contribution in [0.3, 0.4) is 0 Å². The van der Waals surface area contributed by atoms with E-state index < -0.39 is 11.3 Å². The lowest BCUT2D eigenvalue weighted by Crippen LogP contribution is -2.46. The molecule has 1 atom stereocenters. The molecule has 4 nitrogen and oxygen atoms in total. The van der Waals surface area contributed by atoms with Gasteiger partial charge in [-0.05, 0) is 6.42 Å². The third kappa shape index (κ3) is 26.1. The van der Waals surface area contributed by atoms with Gasteiger partial charge in [0.25, 0.3) is 0 Å². The van der Waals surface area contributed by atoms with Crippen molar-refractivity contribution in [3.05, 3.63) is 0 Å². The minimum atomic E-state index is -0.417. The van der Waals surface area contributed by atoms with E-state index >= 15 is 0 Å². The normalized spacial score (nSPS) is 12.5. The molecule has 0 aliphatic carbocycles. The van der Waals surface area contributed by atoms with Crippen LogP contribution in [-0.2, 0) is 4.74 Å². The molecule has 0 saturated carbocycles. The summed E-state index contributed by atoms with van der Waals surface area (Å²) in [7, 11) is 6.67. The maximum atomic E-state index is 8.24. The molecule has 0 radical (unpaired) electrons. The van der Waals surface area contributed by atoms with Crippen molar-refractivity contribution in [1.82, 2.24) is 0 Å². The Labute approximate surface area is 187 Å². The molecule has 0 N–H and O–H groups in total. The molecule has 0 aromatic rings. The van der Waals surface area contributed by atoms with Gasteiger partial charge in [0.15, 0.2) is 6.23 Å². The molecular weight excluding hydrogens is 386 g/mol. The van der Waals surface area contributed by atoms with E-state index in [4.69, 9.17) is 14.1 Å².